The van der Waals surface area contributed by atoms with Crippen LogP contribution in [-0.2, 0) is 0 Å². The fourth-order valence-corrected chi connectivity index (χ4v) is 3.43. The van der Waals surface area contributed by atoms with Gasteiger partial charge in [0, 0.05) is 6.04 Å². The lowest BCUT2D eigenvalue weighted by molar-refractivity contribution is 0.417. The molecule has 2 unspecified atom stereocenters. The number of nitrogens with one attached hydrogen (secondary N) is 1. The minimum absolute atomic E-state index is 0.115. The zero-order valence-electron chi connectivity index (χ0n) is 13.6. The van der Waals surface area contributed by atoms with E-state index in [0.717, 1.165) is 19.0 Å². The van der Waals surface area contributed by atoms with Crippen LogP contribution in [0.5, 0.6) is 0 Å². The summed E-state index contributed by atoms with van der Waals surface area (Å²) in [5.41, 5.74) is 8.49. The normalized spacial score (nSPS) is 23.3. The lowest BCUT2D eigenvalue weighted by Crippen LogP contribution is -2.31. The van der Waals surface area contributed by atoms with Crippen LogP contribution < -0.4 is 11.1 Å². The van der Waals surface area contributed by atoms with Crippen molar-refractivity contribution in [1.82, 2.24) is 5.32 Å². The highest BCUT2D eigenvalue weighted by Crippen LogP contribution is 2.67. The standard InChI is InChI=1S/C18H30N2/c1-13(16(19)14-9-7-6-8-10-14)11-20-12-15-17(2,3)18(15,4)5/h6-10,13,15-16,20H,11-12,19H2,1-5H3. The molecule has 1 aliphatic rings. The molecule has 2 heteroatoms. The average molecular weight is 274 g/mol. The largest absolute Gasteiger partial charge is 0.324 e. The molecule has 0 heterocycles. The zero-order chi connectivity index (χ0) is 15.0. The molecule has 1 aliphatic carbocycles. The molecule has 0 spiro atoms. The first-order valence-corrected chi connectivity index (χ1v) is 7.79. The maximum absolute atomic E-state index is 6.34. The smallest absolute Gasteiger partial charge is 0.0333 e. The van der Waals surface area contributed by atoms with Gasteiger partial charge < -0.3 is 11.1 Å². The van der Waals surface area contributed by atoms with Crippen LogP contribution in [0.15, 0.2) is 30.3 Å². The van der Waals surface area contributed by atoms with Crippen LogP contribution in [0, 0.1) is 22.7 Å². The van der Waals surface area contributed by atoms with Gasteiger partial charge in [-0.15, -0.1) is 0 Å². The van der Waals surface area contributed by atoms with Gasteiger partial charge in [-0.1, -0.05) is 65.0 Å². The molecule has 1 fully saturated rings. The highest BCUT2D eigenvalue weighted by Gasteiger charge is 2.63. The predicted octanol–water partition coefficient (Wildman–Crippen LogP) is 3.59. The van der Waals surface area contributed by atoms with Crippen LogP contribution in [0.4, 0.5) is 0 Å². The van der Waals surface area contributed by atoms with Crippen LogP contribution in [0.2, 0.25) is 0 Å². The fourth-order valence-electron chi connectivity index (χ4n) is 3.43. The molecule has 0 saturated heterocycles. The van der Waals surface area contributed by atoms with Gasteiger partial charge in [-0.05, 0) is 41.3 Å². The summed E-state index contributed by atoms with van der Waals surface area (Å²) in [5.74, 6) is 1.22. The molecule has 0 aliphatic heterocycles. The second-order valence-electron chi connectivity index (χ2n) is 7.57. The summed E-state index contributed by atoms with van der Waals surface area (Å²) in [6.07, 6.45) is 0. The van der Waals surface area contributed by atoms with Gasteiger partial charge in [0.1, 0.15) is 0 Å². The second-order valence-corrected chi connectivity index (χ2v) is 7.57. The van der Waals surface area contributed by atoms with Crippen molar-refractivity contribution in [3.63, 3.8) is 0 Å². The van der Waals surface area contributed by atoms with Gasteiger partial charge in [-0.3, -0.25) is 0 Å². The third-order valence-electron chi connectivity index (χ3n) is 5.93. The van der Waals surface area contributed by atoms with Crippen molar-refractivity contribution in [2.75, 3.05) is 13.1 Å². The average Bonchev–Trinajstić information content (AvgIpc) is 2.81. The summed E-state index contributed by atoms with van der Waals surface area (Å²) >= 11 is 0. The van der Waals surface area contributed by atoms with Crippen molar-refractivity contribution in [3.8, 4) is 0 Å². The first-order valence-electron chi connectivity index (χ1n) is 7.79. The SMILES string of the molecule is CC(CNCC1C(C)(C)C1(C)C)C(N)c1ccccc1. The van der Waals surface area contributed by atoms with Crippen LogP contribution in [0.25, 0.3) is 0 Å². The van der Waals surface area contributed by atoms with E-state index in [1.54, 1.807) is 0 Å². The summed E-state index contributed by atoms with van der Waals surface area (Å²) in [4.78, 5) is 0. The Hall–Kier alpha value is -0.860. The summed E-state index contributed by atoms with van der Waals surface area (Å²) in [6, 6.07) is 10.5. The monoisotopic (exact) mass is 274 g/mol. The third-order valence-corrected chi connectivity index (χ3v) is 5.93. The summed E-state index contributed by atoms with van der Waals surface area (Å²) < 4.78 is 0. The van der Waals surface area contributed by atoms with Gasteiger partial charge in [-0.2, -0.15) is 0 Å². The van der Waals surface area contributed by atoms with E-state index < -0.39 is 0 Å². The Morgan fingerprint density at radius 2 is 1.65 bits per heavy atom. The molecule has 112 valence electrons. The van der Waals surface area contributed by atoms with E-state index in [1.807, 2.05) is 6.07 Å². The number of nitrogens with two attached hydrogens (primary N) is 1. The molecule has 1 aromatic carbocycles. The van der Waals surface area contributed by atoms with Crippen molar-refractivity contribution in [2.24, 2.45) is 28.4 Å². The lowest BCUT2D eigenvalue weighted by Gasteiger charge is -2.21. The quantitative estimate of drug-likeness (QED) is 0.832. The summed E-state index contributed by atoms with van der Waals surface area (Å²) in [7, 11) is 0. The predicted molar refractivity (Wildman–Crippen MR) is 86.5 cm³/mol. The molecule has 0 amide bonds. The topological polar surface area (TPSA) is 38.0 Å². The molecule has 2 rings (SSSR count). The molecule has 2 atom stereocenters. The summed E-state index contributed by atoms with van der Waals surface area (Å²) in [5, 5.41) is 3.63. The second kappa shape index (κ2) is 5.50. The Morgan fingerprint density at radius 3 is 2.15 bits per heavy atom. The Morgan fingerprint density at radius 1 is 1.10 bits per heavy atom. The van der Waals surface area contributed by atoms with Crippen LogP contribution in [0.1, 0.15) is 46.2 Å². The highest BCUT2D eigenvalue weighted by molar-refractivity contribution is 5.19. The van der Waals surface area contributed by atoms with Gasteiger partial charge >= 0.3 is 0 Å². The maximum Gasteiger partial charge on any atom is 0.0333 e. The molecule has 1 saturated carbocycles. The van der Waals surface area contributed by atoms with E-state index in [4.69, 9.17) is 5.73 Å². The zero-order valence-corrected chi connectivity index (χ0v) is 13.6. The van der Waals surface area contributed by atoms with E-state index in [2.05, 4.69) is 64.2 Å². The van der Waals surface area contributed by atoms with Crippen molar-refractivity contribution in [3.05, 3.63) is 35.9 Å². The number of hydrogen-bond acceptors (Lipinski definition) is 2. The van der Waals surface area contributed by atoms with Crippen molar-refractivity contribution >= 4 is 0 Å². The minimum atomic E-state index is 0.115. The van der Waals surface area contributed by atoms with E-state index in [1.165, 1.54) is 5.56 Å². The Labute approximate surface area is 124 Å². The van der Waals surface area contributed by atoms with Crippen LogP contribution in [0.3, 0.4) is 0 Å². The molecule has 20 heavy (non-hydrogen) atoms. The Bertz CT molecular complexity index is 422. The van der Waals surface area contributed by atoms with Crippen molar-refractivity contribution in [2.45, 2.75) is 40.7 Å². The van der Waals surface area contributed by atoms with Crippen LogP contribution in [-0.4, -0.2) is 13.1 Å². The minimum Gasteiger partial charge on any atom is -0.324 e. The van der Waals surface area contributed by atoms with Gasteiger partial charge in [0.15, 0.2) is 0 Å². The lowest BCUT2D eigenvalue weighted by atomic mass is 9.95. The van der Waals surface area contributed by atoms with E-state index >= 15 is 0 Å². The van der Waals surface area contributed by atoms with E-state index in [9.17, 15) is 0 Å². The molecule has 0 bridgehead atoms. The van der Waals surface area contributed by atoms with Crippen LogP contribution >= 0.6 is 0 Å². The Kier molecular flexibility index (Phi) is 4.27. The third kappa shape index (κ3) is 2.77. The molecular formula is C18H30N2. The number of hydrogen-bond donors (Lipinski definition) is 2. The van der Waals surface area contributed by atoms with Gasteiger partial charge in [0.25, 0.3) is 0 Å². The molecule has 2 nitrogen and oxygen atoms in total. The van der Waals surface area contributed by atoms with Gasteiger partial charge in [-0.25, -0.2) is 0 Å². The highest BCUT2D eigenvalue weighted by atomic mass is 14.9. The van der Waals surface area contributed by atoms with Gasteiger partial charge in [0.2, 0.25) is 0 Å². The molecule has 0 aromatic heterocycles. The maximum atomic E-state index is 6.34. The summed E-state index contributed by atoms with van der Waals surface area (Å²) in [6.45, 7) is 13.8. The number of benzene rings is 1. The first-order chi connectivity index (χ1) is 9.28. The van der Waals surface area contributed by atoms with Crippen molar-refractivity contribution in [1.29, 1.82) is 0 Å². The number of rotatable bonds is 6. The Balaban J connectivity index is 1.78. The molecule has 0 radical (unpaired) electrons. The first kappa shape index (κ1) is 15.5. The van der Waals surface area contributed by atoms with Gasteiger partial charge in [0.05, 0.1) is 0 Å². The molecule has 3 N–H and O–H groups in total. The fraction of sp³-hybridized carbons (Fsp3) is 0.667. The molecule has 1 aromatic rings. The molecular weight excluding hydrogens is 244 g/mol. The van der Waals surface area contributed by atoms with Crippen molar-refractivity contribution < 1.29 is 0 Å². The van der Waals surface area contributed by atoms with E-state index in [-0.39, 0.29) is 6.04 Å². The van der Waals surface area contributed by atoms with E-state index in [0.29, 0.717) is 16.7 Å².